The fourth-order valence-corrected chi connectivity index (χ4v) is 4.24. The molecule has 2 aromatic carbocycles. The van der Waals surface area contributed by atoms with Crippen molar-refractivity contribution in [2.75, 3.05) is 25.6 Å². The van der Waals surface area contributed by atoms with E-state index in [1.807, 2.05) is 12.1 Å². The highest BCUT2D eigenvalue weighted by atomic mass is 35.5. The molecule has 0 unspecified atom stereocenters. The molecule has 2 N–H and O–H groups in total. The van der Waals surface area contributed by atoms with Gasteiger partial charge in [-0.25, -0.2) is 0 Å². The number of benzene rings is 2. The first-order chi connectivity index (χ1) is 14.3. The third-order valence-corrected chi connectivity index (χ3v) is 6.36. The molecule has 1 aliphatic heterocycles. The number of piperidine rings is 1. The molecule has 30 heavy (non-hydrogen) atoms. The highest BCUT2D eigenvalue weighted by Gasteiger charge is 2.26. The number of nitrogens with zero attached hydrogens (tertiary/aromatic N) is 2. The molecule has 0 radical (unpaired) electrons. The molecule has 1 aliphatic rings. The van der Waals surface area contributed by atoms with Gasteiger partial charge in [-0.1, -0.05) is 49.7 Å². The molecule has 6 heteroatoms. The fourth-order valence-electron chi connectivity index (χ4n) is 3.89. The maximum Gasteiger partial charge on any atom is 0.155 e. The number of rotatable bonds is 7. The summed E-state index contributed by atoms with van der Waals surface area (Å²) in [7, 11) is 0. The number of likely N-dealkylation sites (tertiary alicyclic amines) is 1. The number of alkyl halides is 1. The number of nitriles is 1. The molecule has 0 spiro atoms. The Kier molecular flexibility index (Phi) is 7.65. The van der Waals surface area contributed by atoms with Gasteiger partial charge in [-0.2, -0.15) is 5.26 Å². The smallest absolute Gasteiger partial charge is 0.155 e. The Hall–Kier alpha value is -1.77. The van der Waals surface area contributed by atoms with Crippen molar-refractivity contribution in [3.8, 4) is 11.8 Å². The van der Waals surface area contributed by atoms with Crippen LogP contribution in [0.25, 0.3) is 0 Å². The molecule has 0 aliphatic carbocycles. The molecular weight excluding hydrogens is 417 g/mol. The summed E-state index contributed by atoms with van der Waals surface area (Å²) in [4.78, 5) is 2.46. The second-order valence-electron chi connectivity index (χ2n) is 8.42. The van der Waals surface area contributed by atoms with Gasteiger partial charge in [-0.05, 0) is 54.8 Å². The number of hydrogen-bond acceptors (Lipinski definition) is 4. The highest BCUT2D eigenvalue weighted by Crippen LogP contribution is 2.38. The van der Waals surface area contributed by atoms with E-state index in [2.05, 4.69) is 49.1 Å². The Labute approximate surface area is 189 Å². The minimum atomic E-state index is -0.309. The zero-order chi connectivity index (χ0) is 21.7. The average molecular weight is 446 g/mol. The summed E-state index contributed by atoms with van der Waals surface area (Å²) < 4.78 is 5.58. The van der Waals surface area contributed by atoms with Gasteiger partial charge in [0.1, 0.15) is 12.7 Å². The van der Waals surface area contributed by atoms with Gasteiger partial charge in [-0.3, -0.25) is 4.90 Å². The monoisotopic (exact) mass is 445 g/mol. The van der Waals surface area contributed by atoms with Crippen LogP contribution in [0.1, 0.15) is 48.9 Å². The van der Waals surface area contributed by atoms with E-state index in [9.17, 15) is 5.26 Å². The number of halogens is 2. The van der Waals surface area contributed by atoms with Crippen LogP contribution in [0.2, 0.25) is 5.02 Å². The van der Waals surface area contributed by atoms with Crippen molar-refractivity contribution in [2.24, 2.45) is 5.73 Å². The first kappa shape index (κ1) is 22.9. The minimum Gasteiger partial charge on any atom is -0.489 e. The Morgan fingerprint density at radius 2 is 1.83 bits per heavy atom. The quantitative estimate of drug-likeness (QED) is 0.603. The summed E-state index contributed by atoms with van der Waals surface area (Å²) >= 11 is 12.2. The summed E-state index contributed by atoms with van der Waals surface area (Å²) in [6, 6.07) is 15.0. The van der Waals surface area contributed by atoms with Gasteiger partial charge in [0, 0.05) is 18.0 Å². The lowest BCUT2D eigenvalue weighted by Gasteiger charge is -2.30. The van der Waals surface area contributed by atoms with E-state index >= 15 is 0 Å². The van der Waals surface area contributed by atoms with E-state index in [1.165, 1.54) is 11.1 Å². The van der Waals surface area contributed by atoms with Gasteiger partial charge in [0.2, 0.25) is 0 Å². The van der Waals surface area contributed by atoms with Gasteiger partial charge in [0.05, 0.1) is 16.5 Å². The van der Waals surface area contributed by atoms with E-state index in [0.717, 1.165) is 38.0 Å². The normalized spacial score (nSPS) is 15.7. The molecule has 1 fully saturated rings. The lowest BCUT2D eigenvalue weighted by molar-refractivity contribution is 0.205. The lowest BCUT2D eigenvalue weighted by atomic mass is 9.77. The first-order valence-electron chi connectivity index (χ1n) is 10.4. The number of hydrogen-bond donors (Lipinski definition) is 1. The van der Waals surface area contributed by atoms with Crippen LogP contribution < -0.4 is 10.5 Å². The van der Waals surface area contributed by atoms with Crippen LogP contribution in [0, 0.1) is 11.3 Å². The second kappa shape index (κ2) is 10.0. The number of ether oxygens (including phenoxy) is 1. The van der Waals surface area contributed by atoms with Crippen molar-refractivity contribution in [1.82, 2.24) is 4.90 Å². The molecular formula is C24H29Cl2N3O. The summed E-state index contributed by atoms with van der Waals surface area (Å²) in [6.07, 6.45) is 2.13. The topological polar surface area (TPSA) is 62.3 Å². The van der Waals surface area contributed by atoms with Crippen molar-refractivity contribution in [3.05, 3.63) is 63.7 Å². The third-order valence-electron chi connectivity index (χ3n) is 5.92. The second-order valence-corrected chi connectivity index (χ2v) is 9.20. The molecule has 0 saturated carbocycles. The van der Waals surface area contributed by atoms with Crippen LogP contribution in [-0.2, 0) is 12.0 Å². The van der Waals surface area contributed by atoms with Crippen molar-refractivity contribution in [1.29, 1.82) is 5.26 Å². The molecule has 1 heterocycles. The van der Waals surface area contributed by atoms with Crippen LogP contribution in [-0.4, -0.2) is 36.5 Å². The molecule has 2 aromatic rings. The molecule has 0 aromatic heterocycles. The maximum absolute atomic E-state index is 9.58. The molecule has 3 rings (SSSR count). The highest BCUT2D eigenvalue weighted by molar-refractivity contribution is 6.32. The van der Waals surface area contributed by atoms with Gasteiger partial charge >= 0.3 is 0 Å². The zero-order valence-electron chi connectivity index (χ0n) is 17.6. The van der Waals surface area contributed by atoms with E-state index in [1.54, 1.807) is 0 Å². The molecule has 1 saturated heterocycles. The predicted octanol–water partition coefficient (Wildman–Crippen LogP) is 5.08. The Morgan fingerprint density at radius 3 is 2.43 bits per heavy atom. The summed E-state index contributed by atoms with van der Waals surface area (Å²) in [5.41, 5.74) is 9.56. The summed E-state index contributed by atoms with van der Waals surface area (Å²) in [6.45, 7) is 7.65. The van der Waals surface area contributed by atoms with Crippen molar-refractivity contribution >= 4 is 23.2 Å². The maximum atomic E-state index is 9.58. The molecule has 0 amide bonds. The average Bonchev–Trinajstić information content (AvgIpc) is 2.74. The number of nitrogens with two attached hydrogens (primary N) is 1. The molecule has 160 valence electrons. The van der Waals surface area contributed by atoms with Crippen LogP contribution >= 0.6 is 23.2 Å². The van der Waals surface area contributed by atoms with Gasteiger partial charge in [-0.15, -0.1) is 11.6 Å². The zero-order valence-corrected chi connectivity index (χ0v) is 19.1. The SMILES string of the molecule is CC(C)(c1ccc(CN2CCC(N)CC2)cc1)c1cc(Cl)c(OCCCl)c(C#N)c1. The Morgan fingerprint density at radius 1 is 1.17 bits per heavy atom. The standard InChI is InChI=1S/C24H29Cl2N3O/c1-24(2,20-13-18(15-27)23(22(26)14-20)30-12-9-25)19-5-3-17(4-6-19)16-29-10-7-21(28)8-11-29/h3-6,13-14,21H,7-12,16,28H2,1-2H3. The largest absolute Gasteiger partial charge is 0.489 e. The molecule has 0 atom stereocenters. The Balaban J connectivity index is 1.79. The van der Waals surface area contributed by atoms with Crippen molar-refractivity contribution in [2.45, 2.75) is 44.7 Å². The van der Waals surface area contributed by atoms with E-state index in [0.29, 0.717) is 34.9 Å². The van der Waals surface area contributed by atoms with Crippen LogP contribution in [0.15, 0.2) is 36.4 Å². The third kappa shape index (κ3) is 5.28. The van der Waals surface area contributed by atoms with E-state index in [-0.39, 0.29) is 5.41 Å². The Bertz CT molecular complexity index is 898. The molecule has 0 bridgehead atoms. The van der Waals surface area contributed by atoms with Gasteiger partial charge in [0.25, 0.3) is 0 Å². The fraction of sp³-hybridized carbons (Fsp3) is 0.458. The van der Waals surface area contributed by atoms with Crippen molar-refractivity contribution in [3.63, 3.8) is 0 Å². The first-order valence-corrected chi connectivity index (χ1v) is 11.3. The summed E-state index contributed by atoms with van der Waals surface area (Å²) in [5, 5.41) is 10.0. The van der Waals surface area contributed by atoms with Crippen LogP contribution in [0.3, 0.4) is 0 Å². The van der Waals surface area contributed by atoms with Crippen LogP contribution in [0.4, 0.5) is 0 Å². The molecule has 4 nitrogen and oxygen atoms in total. The van der Waals surface area contributed by atoms with Crippen LogP contribution in [0.5, 0.6) is 5.75 Å². The van der Waals surface area contributed by atoms with E-state index < -0.39 is 0 Å². The summed E-state index contributed by atoms with van der Waals surface area (Å²) in [5.74, 6) is 0.737. The van der Waals surface area contributed by atoms with Gasteiger partial charge < -0.3 is 10.5 Å². The van der Waals surface area contributed by atoms with Gasteiger partial charge in [0.15, 0.2) is 5.75 Å². The minimum absolute atomic E-state index is 0.309. The predicted molar refractivity (Wildman–Crippen MR) is 123 cm³/mol. The lowest BCUT2D eigenvalue weighted by Crippen LogP contribution is -2.39. The van der Waals surface area contributed by atoms with Crippen molar-refractivity contribution < 1.29 is 4.74 Å². The van der Waals surface area contributed by atoms with E-state index in [4.69, 9.17) is 33.7 Å².